The van der Waals surface area contributed by atoms with Gasteiger partial charge in [-0.15, -0.1) is 11.3 Å². The summed E-state index contributed by atoms with van der Waals surface area (Å²) in [5.74, 6) is -1.07. The number of rotatable bonds is 7. The molecule has 0 aliphatic carbocycles. The molecule has 4 aromatic rings. The van der Waals surface area contributed by atoms with E-state index in [1.807, 2.05) is 19.0 Å². The smallest absolute Gasteiger partial charge is 0.263 e. The van der Waals surface area contributed by atoms with Gasteiger partial charge in [-0.3, -0.25) is 14.2 Å². The van der Waals surface area contributed by atoms with E-state index < -0.39 is 0 Å². The number of carbonyl (C=O) groups excluding carboxylic acids is 1. The average molecular weight is 469 g/mol. The quantitative estimate of drug-likeness (QED) is 0.448. The maximum atomic E-state index is 13.6. The largest absolute Gasteiger partial charge is 0.353 e. The molecule has 9 heteroatoms. The lowest BCUT2D eigenvalue weighted by atomic mass is 10.1. The zero-order valence-corrected chi connectivity index (χ0v) is 18.9. The van der Waals surface area contributed by atoms with Crippen molar-refractivity contribution in [2.75, 3.05) is 20.6 Å². The summed E-state index contributed by atoms with van der Waals surface area (Å²) in [5.41, 5.74) is 1.75. The van der Waals surface area contributed by atoms with Crippen LogP contribution in [0.15, 0.2) is 65.0 Å². The van der Waals surface area contributed by atoms with Crippen LogP contribution in [0, 0.1) is 11.6 Å². The Morgan fingerprint density at radius 1 is 1.15 bits per heavy atom. The van der Waals surface area contributed by atoms with Gasteiger partial charge in [0.15, 0.2) is 0 Å². The lowest BCUT2D eigenvalue weighted by Gasteiger charge is -2.25. The van der Waals surface area contributed by atoms with Gasteiger partial charge in [-0.05, 0) is 49.5 Å². The summed E-state index contributed by atoms with van der Waals surface area (Å²) >= 11 is 1.32. The van der Waals surface area contributed by atoms with E-state index in [4.69, 9.17) is 0 Å². The molecular formula is C24H22F2N4O2S. The fourth-order valence-corrected chi connectivity index (χ4v) is 4.56. The van der Waals surface area contributed by atoms with Crippen molar-refractivity contribution in [1.82, 2.24) is 19.8 Å². The number of likely N-dealkylation sites (N-methyl/N-ethyl adjacent to an activating group) is 1. The van der Waals surface area contributed by atoms with Gasteiger partial charge in [0.05, 0.1) is 17.8 Å². The van der Waals surface area contributed by atoms with Crippen molar-refractivity contribution in [3.8, 4) is 11.1 Å². The number of fused-ring (bicyclic) bond motifs is 1. The second-order valence-corrected chi connectivity index (χ2v) is 8.71. The minimum absolute atomic E-state index is 0.205. The van der Waals surface area contributed by atoms with Crippen LogP contribution in [0.2, 0.25) is 0 Å². The number of nitrogens with zero attached hydrogens (tertiary/aromatic N) is 3. The molecule has 0 aliphatic rings. The molecule has 1 N–H and O–H groups in total. The molecule has 2 aromatic carbocycles. The van der Waals surface area contributed by atoms with E-state index in [0.29, 0.717) is 21.3 Å². The molecule has 0 saturated carbocycles. The van der Waals surface area contributed by atoms with Gasteiger partial charge < -0.3 is 10.2 Å². The molecule has 4 rings (SSSR count). The van der Waals surface area contributed by atoms with Gasteiger partial charge in [-0.2, -0.15) is 0 Å². The molecule has 170 valence electrons. The van der Waals surface area contributed by atoms with Gasteiger partial charge in [-0.1, -0.05) is 24.3 Å². The van der Waals surface area contributed by atoms with Crippen molar-refractivity contribution in [2.45, 2.75) is 12.6 Å². The molecule has 1 unspecified atom stereocenters. The van der Waals surface area contributed by atoms with Gasteiger partial charge >= 0.3 is 0 Å². The van der Waals surface area contributed by atoms with E-state index in [1.165, 1.54) is 46.5 Å². The second-order valence-electron chi connectivity index (χ2n) is 7.85. The normalized spacial score (nSPS) is 12.3. The number of nitrogens with one attached hydrogen (secondary N) is 1. The van der Waals surface area contributed by atoms with Crippen LogP contribution < -0.4 is 10.9 Å². The zero-order chi connectivity index (χ0) is 23.5. The van der Waals surface area contributed by atoms with Crippen LogP contribution in [0.1, 0.15) is 11.6 Å². The molecule has 2 heterocycles. The number of hydrogen-bond donors (Lipinski definition) is 1. The maximum Gasteiger partial charge on any atom is 0.263 e. The summed E-state index contributed by atoms with van der Waals surface area (Å²) in [6.45, 7) is 0.0444. The Hall–Kier alpha value is -3.43. The van der Waals surface area contributed by atoms with Crippen LogP contribution in [0.5, 0.6) is 0 Å². The molecule has 0 saturated heterocycles. The third kappa shape index (κ3) is 4.99. The molecule has 0 fully saturated rings. The number of thiophene rings is 1. The summed E-state index contributed by atoms with van der Waals surface area (Å²) in [6.07, 6.45) is 1.35. The van der Waals surface area contributed by atoms with Crippen molar-refractivity contribution in [1.29, 1.82) is 0 Å². The van der Waals surface area contributed by atoms with Gasteiger partial charge in [0, 0.05) is 17.5 Å². The molecule has 0 bridgehead atoms. The number of benzene rings is 2. The molecule has 6 nitrogen and oxygen atoms in total. The van der Waals surface area contributed by atoms with Gasteiger partial charge in [-0.25, -0.2) is 13.8 Å². The molecule has 1 atom stereocenters. The number of hydrogen-bond acceptors (Lipinski definition) is 5. The monoisotopic (exact) mass is 468 g/mol. The van der Waals surface area contributed by atoms with E-state index in [0.717, 1.165) is 5.56 Å². The second kappa shape index (κ2) is 9.60. The summed E-state index contributed by atoms with van der Waals surface area (Å²) in [6, 6.07) is 11.9. The molecule has 2 aromatic heterocycles. The van der Waals surface area contributed by atoms with Crippen molar-refractivity contribution in [3.63, 3.8) is 0 Å². The Morgan fingerprint density at radius 3 is 2.61 bits per heavy atom. The maximum absolute atomic E-state index is 13.6. The third-order valence-corrected chi connectivity index (χ3v) is 6.27. The lowest BCUT2D eigenvalue weighted by molar-refractivity contribution is -0.121. The Bertz CT molecular complexity index is 1350. The number of amides is 1. The van der Waals surface area contributed by atoms with E-state index in [9.17, 15) is 18.4 Å². The van der Waals surface area contributed by atoms with Gasteiger partial charge in [0.1, 0.15) is 23.0 Å². The first kappa shape index (κ1) is 22.8. The molecule has 0 spiro atoms. The third-order valence-electron chi connectivity index (χ3n) is 5.38. The van der Waals surface area contributed by atoms with Crippen molar-refractivity contribution >= 4 is 27.5 Å². The summed E-state index contributed by atoms with van der Waals surface area (Å²) < 4.78 is 28.2. The topological polar surface area (TPSA) is 67.2 Å². The highest BCUT2D eigenvalue weighted by Crippen LogP contribution is 2.30. The summed E-state index contributed by atoms with van der Waals surface area (Å²) in [5, 5.41) is 5.02. The molecular weight excluding hydrogens is 446 g/mol. The highest BCUT2D eigenvalue weighted by atomic mass is 32.1. The highest BCUT2D eigenvalue weighted by molar-refractivity contribution is 7.17. The van der Waals surface area contributed by atoms with Crippen LogP contribution in [-0.2, 0) is 11.3 Å². The number of carbonyl (C=O) groups is 1. The van der Waals surface area contributed by atoms with Gasteiger partial charge in [0.2, 0.25) is 5.91 Å². The fraction of sp³-hybridized carbons (Fsp3) is 0.208. The lowest BCUT2D eigenvalue weighted by Crippen LogP contribution is -2.37. The number of aromatic nitrogens is 2. The van der Waals surface area contributed by atoms with Crippen molar-refractivity contribution in [2.24, 2.45) is 0 Å². The molecule has 0 aliphatic heterocycles. The summed E-state index contributed by atoms with van der Waals surface area (Å²) in [7, 11) is 3.69. The Labute approximate surface area is 193 Å². The van der Waals surface area contributed by atoms with Crippen molar-refractivity contribution < 1.29 is 13.6 Å². The van der Waals surface area contributed by atoms with Gasteiger partial charge in [0.25, 0.3) is 5.56 Å². The first-order chi connectivity index (χ1) is 15.8. The van der Waals surface area contributed by atoms with Crippen LogP contribution in [0.4, 0.5) is 8.78 Å². The van der Waals surface area contributed by atoms with E-state index in [-0.39, 0.29) is 42.2 Å². The minimum Gasteiger partial charge on any atom is -0.353 e. The van der Waals surface area contributed by atoms with Crippen molar-refractivity contribution in [3.05, 3.63) is 87.8 Å². The SMILES string of the molecule is CN(C)C(CNC(=O)Cn1cnc2scc(-c3ccc(F)cc3)c2c1=O)c1cccc(F)c1. The molecule has 33 heavy (non-hydrogen) atoms. The average Bonchev–Trinajstić information content (AvgIpc) is 3.21. The predicted octanol–water partition coefficient (Wildman–Crippen LogP) is 3.82. The molecule has 0 radical (unpaired) electrons. The Morgan fingerprint density at radius 2 is 1.91 bits per heavy atom. The first-order valence-corrected chi connectivity index (χ1v) is 11.1. The Balaban J connectivity index is 1.53. The van der Waals surface area contributed by atoms with E-state index in [1.54, 1.807) is 29.6 Å². The van der Waals surface area contributed by atoms with Crippen LogP contribution >= 0.6 is 11.3 Å². The Kier molecular flexibility index (Phi) is 6.62. The fourth-order valence-electron chi connectivity index (χ4n) is 3.66. The van der Waals surface area contributed by atoms with E-state index >= 15 is 0 Å². The predicted molar refractivity (Wildman–Crippen MR) is 125 cm³/mol. The zero-order valence-electron chi connectivity index (χ0n) is 18.1. The minimum atomic E-state index is -0.361. The first-order valence-electron chi connectivity index (χ1n) is 10.2. The van der Waals surface area contributed by atoms with Crippen LogP contribution in [0.3, 0.4) is 0 Å². The van der Waals surface area contributed by atoms with Crippen LogP contribution in [0.25, 0.3) is 21.3 Å². The standard InChI is InChI=1S/C24H22F2N4O2S/c1-29(2)20(16-4-3-5-18(26)10-16)11-27-21(31)12-30-14-28-23-22(24(30)32)19(13-33-23)15-6-8-17(25)9-7-15/h3-10,13-14,20H,11-12H2,1-2H3,(H,27,31). The molecule has 1 amide bonds. The highest BCUT2D eigenvalue weighted by Gasteiger charge is 2.18. The van der Waals surface area contributed by atoms with E-state index in [2.05, 4.69) is 10.3 Å². The number of halogens is 2. The summed E-state index contributed by atoms with van der Waals surface area (Å²) in [4.78, 5) is 32.5. The van der Waals surface area contributed by atoms with Crippen LogP contribution in [-0.4, -0.2) is 41.0 Å².